The lowest BCUT2D eigenvalue weighted by Crippen LogP contribution is -2.12. The standard InChI is InChI=1S/C22H29F/c1-3-5-8-19-11-13-20(14-12-19)9-6-7-10-21-16-15-18(4-2)17-22(21)23/h6,9,15-17,19-20H,3-5,8,11-14H2,1-2H3/t19-,20-. The van der Waals surface area contributed by atoms with Crippen LogP contribution in [0.2, 0.25) is 0 Å². The second-order valence-corrected chi connectivity index (χ2v) is 6.72. The van der Waals surface area contributed by atoms with E-state index in [9.17, 15) is 4.39 Å². The highest BCUT2D eigenvalue weighted by atomic mass is 19.1. The predicted octanol–water partition coefficient (Wildman–Crippen LogP) is 6.29. The van der Waals surface area contributed by atoms with Gasteiger partial charge in [-0.25, -0.2) is 4.39 Å². The van der Waals surface area contributed by atoms with E-state index in [1.807, 2.05) is 19.1 Å². The highest BCUT2D eigenvalue weighted by molar-refractivity contribution is 5.39. The SMILES string of the molecule is CCCC[C@H]1CC[C@H](C=CC#Cc2ccc(CC)cc2F)CC1. The van der Waals surface area contributed by atoms with Crippen LogP contribution < -0.4 is 0 Å². The number of allylic oxidation sites excluding steroid dienone is 2. The first-order valence-corrected chi connectivity index (χ1v) is 9.19. The maximum Gasteiger partial charge on any atom is 0.139 e. The summed E-state index contributed by atoms with van der Waals surface area (Å²) in [4.78, 5) is 0. The van der Waals surface area contributed by atoms with E-state index in [1.165, 1.54) is 44.9 Å². The third-order valence-corrected chi connectivity index (χ3v) is 4.96. The molecular weight excluding hydrogens is 283 g/mol. The van der Waals surface area contributed by atoms with Gasteiger partial charge in [0.05, 0.1) is 5.56 Å². The molecule has 2 rings (SSSR count). The Labute approximate surface area is 141 Å². The third-order valence-electron chi connectivity index (χ3n) is 4.96. The minimum Gasteiger partial charge on any atom is -0.206 e. The number of hydrogen-bond acceptors (Lipinski definition) is 0. The molecule has 1 heteroatoms. The summed E-state index contributed by atoms with van der Waals surface area (Å²) in [6.45, 7) is 4.30. The smallest absolute Gasteiger partial charge is 0.139 e. The molecule has 0 radical (unpaired) electrons. The summed E-state index contributed by atoms with van der Waals surface area (Å²) < 4.78 is 13.8. The molecule has 0 nitrogen and oxygen atoms in total. The quantitative estimate of drug-likeness (QED) is 0.560. The minimum absolute atomic E-state index is 0.207. The van der Waals surface area contributed by atoms with Gasteiger partial charge in [0.15, 0.2) is 0 Å². The molecule has 1 aromatic carbocycles. The molecule has 0 N–H and O–H groups in total. The van der Waals surface area contributed by atoms with E-state index in [0.717, 1.165) is 17.9 Å². The van der Waals surface area contributed by atoms with Crippen LogP contribution in [0.25, 0.3) is 0 Å². The fraction of sp³-hybridized carbons (Fsp3) is 0.545. The van der Waals surface area contributed by atoms with Gasteiger partial charge in [-0.1, -0.05) is 57.1 Å². The van der Waals surface area contributed by atoms with Crippen LogP contribution in [-0.2, 0) is 6.42 Å². The fourth-order valence-electron chi connectivity index (χ4n) is 3.35. The number of halogens is 1. The predicted molar refractivity (Wildman–Crippen MR) is 96.8 cm³/mol. The molecule has 0 atom stereocenters. The van der Waals surface area contributed by atoms with Crippen molar-refractivity contribution in [3.8, 4) is 11.8 Å². The molecule has 1 aliphatic rings. The first kappa shape index (κ1) is 17.8. The van der Waals surface area contributed by atoms with Gasteiger partial charge in [0.1, 0.15) is 5.82 Å². The van der Waals surface area contributed by atoms with Crippen LogP contribution in [0.1, 0.15) is 69.9 Å². The van der Waals surface area contributed by atoms with Gasteiger partial charge >= 0.3 is 0 Å². The molecule has 0 amide bonds. The van der Waals surface area contributed by atoms with Crippen LogP contribution in [0.15, 0.2) is 30.4 Å². The molecule has 0 aliphatic heterocycles. The van der Waals surface area contributed by atoms with E-state index < -0.39 is 0 Å². The van der Waals surface area contributed by atoms with E-state index in [-0.39, 0.29) is 5.82 Å². The van der Waals surface area contributed by atoms with Crippen LogP contribution >= 0.6 is 0 Å². The summed E-state index contributed by atoms with van der Waals surface area (Å²) in [6, 6.07) is 5.33. The molecular formula is C22H29F. The van der Waals surface area contributed by atoms with Crippen LogP contribution in [0, 0.1) is 29.5 Å². The van der Waals surface area contributed by atoms with Crippen molar-refractivity contribution in [3.05, 3.63) is 47.3 Å². The summed E-state index contributed by atoms with van der Waals surface area (Å²) >= 11 is 0. The highest BCUT2D eigenvalue weighted by Crippen LogP contribution is 2.32. The Morgan fingerprint density at radius 1 is 1.17 bits per heavy atom. The Hall–Kier alpha value is -1.55. The zero-order valence-electron chi connectivity index (χ0n) is 14.6. The summed E-state index contributed by atoms with van der Waals surface area (Å²) in [5.74, 6) is 7.33. The molecule has 1 fully saturated rings. The van der Waals surface area contributed by atoms with Gasteiger partial charge in [-0.2, -0.15) is 0 Å². The van der Waals surface area contributed by atoms with Crippen LogP contribution in [-0.4, -0.2) is 0 Å². The molecule has 0 aromatic heterocycles. The summed E-state index contributed by atoms with van der Waals surface area (Å²) in [5.41, 5.74) is 1.51. The van der Waals surface area contributed by atoms with Gasteiger partial charge in [0, 0.05) is 0 Å². The molecule has 1 aromatic rings. The maximum atomic E-state index is 13.8. The van der Waals surface area contributed by atoms with Crippen molar-refractivity contribution in [1.82, 2.24) is 0 Å². The lowest BCUT2D eigenvalue weighted by Gasteiger charge is -2.26. The summed E-state index contributed by atoms with van der Waals surface area (Å²) in [7, 11) is 0. The average Bonchev–Trinajstić information content (AvgIpc) is 2.59. The Balaban J connectivity index is 1.82. The van der Waals surface area contributed by atoms with Crippen molar-refractivity contribution in [1.29, 1.82) is 0 Å². The normalized spacial score (nSPS) is 21.2. The second-order valence-electron chi connectivity index (χ2n) is 6.72. The second kappa shape index (κ2) is 9.56. The Morgan fingerprint density at radius 2 is 1.96 bits per heavy atom. The van der Waals surface area contributed by atoms with E-state index >= 15 is 0 Å². The topological polar surface area (TPSA) is 0 Å². The van der Waals surface area contributed by atoms with Gasteiger partial charge < -0.3 is 0 Å². The zero-order valence-corrected chi connectivity index (χ0v) is 14.6. The van der Waals surface area contributed by atoms with Gasteiger partial charge in [-0.15, -0.1) is 0 Å². The van der Waals surface area contributed by atoms with Gasteiger partial charge in [0.2, 0.25) is 0 Å². The number of unbranched alkanes of at least 4 members (excludes halogenated alkanes) is 1. The molecule has 23 heavy (non-hydrogen) atoms. The average molecular weight is 312 g/mol. The monoisotopic (exact) mass is 312 g/mol. The van der Waals surface area contributed by atoms with E-state index in [2.05, 4.69) is 24.8 Å². The third kappa shape index (κ3) is 5.87. The lowest BCUT2D eigenvalue weighted by molar-refractivity contribution is 0.291. The molecule has 1 saturated carbocycles. The molecule has 124 valence electrons. The minimum atomic E-state index is -0.207. The summed E-state index contributed by atoms with van der Waals surface area (Å²) in [5, 5.41) is 0. The molecule has 0 heterocycles. The Morgan fingerprint density at radius 3 is 2.61 bits per heavy atom. The molecule has 0 saturated heterocycles. The largest absolute Gasteiger partial charge is 0.206 e. The molecule has 1 aliphatic carbocycles. The Bertz CT molecular complexity index is 565. The van der Waals surface area contributed by atoms with Gasteiger partial charge in [-0.05, 0) is 67.7 Å². The highest BCUT2D eigenvalue weighted by Gasteiger charge is 2.18. The van der Waals surface area contributed by atoms with Crippen molar-refractivity contribution >= 4 is 0 Å². The number of benzene rings is 1. The van der Waals surface area contributed by atoms with Crippen LogP contribution in [0.4, 0.5) is 4.39 Å². The first-order valence-electron chi connectivity index (χ1n) is 9.19. The van der Waals surface area contributed by atoms with Crippen molar-refractivity contribution in [2.24, 2.45) is 11.8 Å². The van der Waals surface area contributed by atoms with Crippen LogP contribution in [0.3, 0.4) is 0 Å². The number of rotatable bonds is 5. The maximum absolute atomic E-state index is 13.8. The molecule has 0 spiro atoms. The number of hydrogen-bond donors (Lipinski definition) is 0. The van der Waals surface area contributed by atoms with Crippen molar-refractivity contribution in [2.75, 3.05) is 0 Å². The first-order chi connectivity index (χ1) is 11.2. The van der Waals surface area contributed by atoms with Crippen molar-refractivity contribution in [2.45, 2.75) is 65.2 Å². The fourth-order valence-corrected chi connectivity index (χ4v) is 3.35. The van der Waals surface area contributed by atoms with E-state index in [0.29, 0.717) is 11.5 Å². The summed E-state index contributed by atoms with van der Waals surface area (Å²) in [6.07, 6.45) is 14.4. The van der Waals surface area contributed by atoms with Gasteiger partial charge in [0.25, 0.3) is 0 Å². The molecule has 0 unspecified atom stereocenters. The number of aryl methyl sites for hydroxylation is 1. The van der Waals surface area contributed by atoms with E-state index in [4.69, 9.17) is 0 Å². The van der Waals surface area contributed by atoms with E-state index in [1.54, 1.807) is 12.1 Å². The van der Waals surface area contributed by atoms with Gasteiger partial charge in [-0.3, -0.25) is 0 Å². The zero-order chi connectivity index (χ0) is 16.5. The Kier molecular flexibility index (Phi) is 7.40. The van der Waals surface area contributed by atoms with Crippen LogP contribution in [0.5, 0.6) is 0 Å². The van der Waals surface area contributed by atoms with Crippen molar-refractivity contribution < 1.29 is 4.39 Å². The molecule has 0 bridgehead atoms. The lowest BCUT2D eigenvalue weighted by atomic mass is 9.80. The van der Waals surface area contributed by atoms with Crippen molar-refractivity contribution in [3.63, 3.8) is 0 Å².